The molecule has 0 aliphatic heterocycles. The molecule has 246 valence electrons. The maximum atomic E-state index is 4.61. The van der Waals surface area contributed by atoms with Crippen LogP contribution >= 0.6 is 0 Å². The van der Waals surface area contributed by atoms with E-state index in [1.165, 1.54) is 218 Å². The van der Waals surface area contributed by atoms with Gasteiger partial charge in [-0.2, -0.15) is 0 Å². The van der Waals surface area contributed by atoms with Crippen LogP contribution in [0.3, 0.4) is 0 Å². The van der Waals surface area contributed by atoms with E-state index in [0.29, 0.717) is 0 Å². The largest absolute Gasteiger partial charge is 0.375 e. The minimum atomic E-state index is 0.851. The molecule has 0 aromatic rings. The van der Waals surface area contributed by atoms with Gasteiger partial charge in [0.05, 0.1) is 0 Å². The predicted octanol–water partition coefficient (Wildman–Crippen LogP) is 14.6. The van der Waals surface area contributed by atoms with Crippen LogP contribution < -0.4 is 0 Å². The minimum Gasteiger partial charge on any atom is -0.375 e. The number of unbranched alkanes of at least 4 members (excludes halogenated alkanes) is 25. The summed E-state index contributed by atoms with van der Waals surface area (Å²) in [6.45, 7) is 16.5. The predicted molar refractivity (Wildman–Crippen MR) is 190 cm³/mol. The third kappa shape index (κ3) is 30.8. The van der Waals surface area contributed by atoms with Crippen LogP contribution in [0, 0.1) is 5.92 Å². The van der Waals surface area contributed by atoms with E-state index in [2.05, 4.69) is 39.2 Å². The first-order valence-electron chi connectivity index (χ1n) is 19.6. The van der Waals surface area contributed by atoms with Crippen LogP contribution in [-0.4, -0.2) is 18.0 Å². The molecule has 1 unspecified atom stereocenters. The molecule has 0 rings (SSSR count). The molecule has 0 aromatic heterocycles. The van der Waals surface area contributed by atoms with Gasteiger partial charge in [0.25, 0.3) is 0 Å². The van der Waals surface area contributed by atoms with Crippen molar-refractivity contribution in [3.8, 4) is 0 Å². The Morgan fingerprint density at radius 1 is 0.415 bits per heavy atom. The molecule has 0 aromatic carbocycles. The van der Waals surface area contributed by atoms with Crippen molar-refractivity contribution in [2.24, 2.45) is 5.92 Å². The maximum Gasteiger partial charge on any atom is 0.0174 e. The molecule has 41 heavy (non-hydrogen) atoms. The van der Waals surface area contributed by atoms with Crippen molar-refractivity contribution in [2.45, 2.75) is 227 Å². The van der Waals surface area contributed by atoms with Crippen molar-refractivity contribution < 1.29 is 0 Å². The highest BCUT2D eigenvalue weighted by Gasteiger charge is 2.10. The number of hydrogen-bond donors (Lipinski definition) is 0. The summed E-state index contributed by atoms with van der Waals surface area (Å²) < 4.78 is 0. The number of nitrogens with zero attached hydrogens (tertiary/aromatic N) is 1. The van der Waals surface area contributed by atoms with Gasteiger partial charge in [-0.3, -0.25) is 0 Å². The van der Waals surface area contributed by atoms with Crippen molar-refractivity contribution in [2.75, 3.05) is 13.1 Å². The highest BCUT2D eigenvalue weighted by molar-refractivity contribution is 4.94. The highest BCUT2D eigenvalue weighted by atomic mass is 15.1. The van der Waals surface area contributed by atoms with Crippen LogP contribution in [0.1, 0.15) is 227 Å². The van der Waals surface area contributed by atoms with Crippen molar-refractivity contribution in [3.63, 3.8) is 0 Å². The SMILES string of the molecule is C=C(CCC(C)CCCCCC)N(CCCCCCCCCCCCCC)CCCCCCCCCCCCCC. The second-order valence-electron chi connectivity index (χ2n) is 13.8. The van der Waals surface area contributed by atoms with Gasteiger partial charge < -0.3 is 4.90 Å². The molecule has 0 fully saturated rings. The fraction of sp³-hybridized carbons (Fsp3) is 0.950. The van der Waals surface area contributed by atoms with E-state index in [9.17, 15) is 0 Å². The average Bonchev–Trinajstić information content (AvgIpc) is 2.98. The van der Waals surface area contributed by atoms with E-state index in [0.717, 1.165) is 5.92 Å². The first kappa shape index (κ1) is 40.5. The Hall–Kier alpha value is -0.460. The van der Waals surface area contributed by atoms with Crippen molar-refractivity contribution >= 4 is 0 Å². The molecule has 1 heteroatoms. The molecule has 0 aliphatic rings. The van der Waals surface area contributed by atoms with E-state index in [1.807, 2.05) is 0 Å². The first-order valence-corrected chi connectivity index (χ1v) is 19.6. The van der Waals surface area contributed by atoms with Gasteiger partial charge in [0, 0.05) is 18.8 Å². The zero-order valence-corrected chi connectivity index (χ0v) is 29.6. The Morgan fingerprint density at radius 2 is 0.707 bits per heavy atom. The van der Waals surface area contributed by atoms with Gasteiger partial charge in [0.1, 0.15) is 0 Å². The molecule has 0 saturated heterocycles. The second-order valence-corrected chi connectivity index (χ2v) is 13.8. The van der Waals surface area contributed by atoms with E-state index in [-0.39, 0.29) is 0 Å². The van der Waals surface area contributed by atoms with Gasteiger partial charge >= 0.3 is 0 Å². The van der Waals surface area contributed by atoms with Crippen molar-refractivity contribution in [1.29, 1.82) is 0 Å². The Bertz CT molecular complexity index is 469. The van der Waals surface area contributed by atoms with E-state index >= 15 is 0 Å². The molecule has 1 nitrogen and oxygen atoms in total. The first-order chi connectivity index (χ1) is 20.2. The highest BCUT2D eigenvalue weighted by Crippen LogP contribution is 2.21. The normalized spacial score (nSPS) is 12.2. The summed E-state index contributed by atoms with van der Waals surface area (Å²) in [4.78, 5) is 2.70. The summed E-state index contributed by atoms with van der Waals surface area (Å²) >= 11 is 0. The summed E-state index contributed by atoms with van der Waals surface area (Å²) in [7, 11) is 0. The fourth-order valence-corrected chi connectivity index (χ4v) is 6.35. The molecule has 0 radical (unpaired) electrons. The molecule has 0 amide bonds. The molecule has 1 atom stereocenters. The van der Waals surface area contributed by atoms with E-state index < -0.39 is 0 Å². The number of rotatable bonds is 35. The van der Waals surface area contributed by atoms with Gasteiger partial charge in [0.2, 0.25) is 0 Å². The van der Waals surface area contributed by atoms with Gasteiger partial charge in [-0.25, -0.2) is 0 Å². The van der Waals surface area contributed by atoms with Crippen LogP contribution in [0.5, 0.6) is 0 Å². The van der Waals surface area contributed by atoms with Crippen molar-refractivity contribution in [1.82, 2.24) is 4.90 Å². The molecule has 0 aliphatic carbocycles. The van der Waals surface area contributed by atoms with Crippen LogP contribution in [-0.2, 0) is 0 Å². The standard InChI is InChI=1S/C40H81N/c1-6-9-12-15-17-19-21-23-25-27-29-32-37-41(40(5)36-35-39(4)34-31-14-11-8-3)38-33-30-28-26-24-22-20-18-16-13-10-7-2/h39H,5-38H2,1-4H3. The summed E-state index contributed by atoms with van der Waals surface area (Å²) in [6.07, 6.45) is 44.0. The third-order valence-corrected chi connectivity index (χ3v) is 9.49. The second kappa shape index (κ2) is 34.0. The van der Waals surface area contributed by atoms with Gasteiger partial charge in [0.15, 0.2) is 0 Å². The van der Waals surface area contributed by atoms with Gasteiger partial charge in [-0.15, -0.1) is 0 Å². The van der Waals surface area contributed by atoms with E-state index in [4.69, 9.17) is 0 Å². The molecule has 0 spiro atoms. The fourth-order valence-electron chi connectivity index (χ4n) is 6.35. The zero-order chi connectivity index (χ0) is 30.1. The summed E-state index contributed by atoms with van der Waals surface area (Å²) in [5, 5.41) is 0. The van der Waals surface area contributed by atoms with Gasteiger partial charge in [-0.1, -0.05) is 208 Å². The molecule has 0 heterocycles. The Labute approximate surface area is 262 Å². The molecular formula is C40H81N. The van der Waals surface area contributed by atoms with Crippen LogP contribution in [0.4, 0.5) is 0 Å². The number of hydrogen-bond acceptors (Lipinski definition) is 1. The van der Waals surface area contributed by atoms with Gasteiger partial charge in [-0.05, 0) is 31.6 Å². The minimum absolute atomic E-state index is 0.851. The Balaban J connectivity index is 4.13. The lowest BCUT2D eigenvalue weighted by molar-refractivity contribution is 0.305. The van der Waals surface area contributed by atoms with Crippen LogP contribution in [0.15, 0.2) is 12.3 Å². The van der Waals surface area contributed by atoms with Crippen LogP contribution in [0.25, 0.3) is 0 Å². The lowest BCUT2D eigenvalue weighted by Crippen LogP contribution is -2.25. The quantitative estimate of drug-likeness (QED) is 0.0679. The van der Waals surface area contributed by atoms with E-state index in [1.54, 1.807) is 0 Å². The summed E-state index contributed by atoms with van der Waals surface area (Å²) in [5.41, 5.74) is 1.44. The summed E-state index contributed by atoms with van der Waals surface area (Å²) in [6, 6.07) is 0. The summed E-state index contributed by atoms with van der Waals surface area (Å²) in [5.74, 6) is 0.851. The van der Waals surface area contributed by atoms with Crippen LogP contribution in [0.2, 0.25) is 0 Å². The average molecular weight is 576 g/mol. The zero-order valence-electron chi connectivity index (χ0n) is 29.6. The smallest absolute Gasteiger partial charge is 0.0174 e. The lowest BCUT2D eigenvalue weighted by Gasteiger charge is -2.28. The maximum absolute atomic E-state index is 4.61. The Kier molecular flexibility index (Phi) is 33.7. The lowest BCUT2D eigenvalue weighted by atomic mass is 9.97. The third-order valence-electron chi connectivity index (χ3n) is 9.49. The number of allylic oxidation sites excluding steroid dienone is 1. The molecule has 0 N–H and O–H groups in total. The topological polar surface area (TPSA) is 3.24 Å². The van der Waals surface area contributed by atoms with Crippen molar-refractivity contribution in [3.05, 3.63) is 12.3 Å². The molecule has 0 bridgehead atoms. The molecule has 0 saturated carbocycles. The molecular weight excluding hydrogens is 494 g/mol. The monoisotopic (exact) mass is 576 g/mol. The Morgan fingerprint density at radius 3 is 1.05 bits per heavy atom.